The zero-order valence-electron chi connectivity index (χ0n) is 22.0. The van der Waals surface area contributed by atoms with Gasteiger partial charge in [-0.3, -0.25) is 10.2 Å². The summed E-state index contributed by atoms with van der Waals surface area (Å²) >= 11 is 7.75. The number of benzene rings is 3. The maximum absolute atomic E-state index is 13.6. The van der Waals surface area contributed by atoms with E-state index in [2.05, 4.69) is 22.1 Å². The number of nitrogens with one attached hydrogen (secondary N) is 1. The van der Waals surface area contributed by atoms with Crippen molar-refractivity contribution in [2.24, 2.45) is 11.5 Å². The zero-order chi connectivity index (χ0) is 28.1. The predicted molar refractivity (Wildman–Crippen MR) is 163 cm³/mol. The number of carbonyl (C=O) groups is 1. The van der Waals surface area contributed by atoms with Crippen molar-refractivity contribution >= 4 is 45.7 Å². The lowest BCUT2D eigenvalue weighted by Crippen LogP contribution is -2.34. The summed E-state index contributed by atoms with van der Waals surface area (Å²) in [6.45, 7) is 1.98. The van der Waals surface area contributed by atoms with Crippen molar-refractivity contribution in [3.05, 3.63) is 122 Å². The summed E-state index contributed by atoms with van der Waals surface area (Å²) in [7, 11) is 0. The number of nitrogens with two attached hydrogens (primary N) is 2. The SMILES string of the molecule is N=C(N)c1ccc(CCc2nc3cc(C(=O)N(CCN)Cc4ccc(Cl)cc4)ccc3n2Cc2cccs2)cc1. The van der Waals surface area contributed by atoms with Crippen LogP contribution in [-0.2, 0) is 25.9 Å². The topological polar surface area (TPSA) is 114 Å². The molecule has 0 bridgehead atoms. The van der Waals surface area contributed by atoms with Gasteiger partial charge in [0.05, 0.1) is 17.6 Å². The highest BCUT2D eigenvalue weighted by Crippen LogP contribution is 2.24. The van der Waals surface area contributed by atoms with Gasteiger partial charge in [0.2, 0.25) is 0 Å². The summed E-state index contributed by atoms with van der Waals surface area (Å²) in [5, 5.41) is 10.4. The van der Waals surface area contributed by atoms with Crippen LogP contribution in [0.25, 0.3) is 11.0 Å². The second-order valence-electron chi connectivity index (χ2n) is 9.65. The molecule has 0 saturated heterocycles. The van der Waals surface area contributed by atoms with Crippen molar-refractivity contribution < 1.29 is 4.79 Å². The molecule has 1 amide bonds. The third-order valence-corrected chi connectivity index (χ3v) is 7.96. The van der Waals surface area contributed by atoms with Crippen LogP contribution in [-0.4, -0.2) is 39.3 Å². The standard InChI is InChI=1S/C31H31ClN6OS/c32-25-11-5-22(6-12-25)19-37(16-15-33)31(39)24-10-13-28-27(18-24)36-29(38(28)20-26-2-1-17-40-26)14-7-21-3-8-23(9-4-21)30(34)35/h1-6,8-13,17-18H,7,14-16,19-20,33H2,(H3,34,35). The first-order valence-electron chi connectivity index (χ1n) is 13.1. The number of imidazole rings is 1. The van der Waals surface area contributed by atoms with Crippen molar-refractivity contribution in [1.82, 2.24) is 14.5 Å². The maximum atomic E-state index is 13.6. The normalized spacial score (nSPS) is 11.2. The number of aromatic nitrogens is 2. The molecule has 2 heterocycles. The first-order valence-corrected chi connectivity index (χ1v) is 14.4. The number of fused-ring (bicyclic) bond motifs is 1. The van der Waals surface area contributed by atoms with Gasteiger partial charge in [-0.15, -0.1) is 11.3 Å². The molecular weight excluding hydrogens is 540 g/mol. The van der Waals surface area contributed by atoms with Gasteiger partial charge >= 0.3 is 0 Å². The van der Waals surface area contributed by atoms with Crippen LogP contribution in [0.3, 0.4) is 0 Å². The molecule has 0 spiro atoms. The van der Waals surface area contributed by atoms with E-state index in [-0.39, 0.29) is 11.7 Å². The van der Waals surface area contributed by atoms with Crippen LogP contribution in [0.15, 0.2) is 84.2 Å². The Morgan fingerprint density at radius 1 is 0.975 bits per heavy atom. The molecule has 0 saturated carbocycles. The van der Waals surface area contributed by atoms with Gasteiger partial charge in [0.1, 0.15) is 11.7 Å². The molecular formula is C31H31ClN6OS. The molecule has 3 aromatic carbocycles. The molecule has 204 valence electrons. The lowest BCUT2D eigenvalue weighted by atomic mass is 10.1. The van der Waals surface area contributed by atoms with Crippen molar-refractivity contribution in [3.8, 4) is 0 Å². The monoisotopic (exact) mass is 570 g/mol. The lowest BCUT2D eigenvalue weighted by molar-refractivity contribution is 0.0748. The van der Waals surface area contributed by atoms with Crippen molar-refractivity contribution in [1.29, 1.82) is 5.41 Å². The molecule has 0 aliphatic rings. The Labute approximate surface area is 242 Å². The largest absolute Gasteiger partial charge is 0.384 e. The number of hydrogen-bond donors (Lipinski definition) is 3. The predicted octanol–water partition coefficient (Wildman–Crippen LogP) is 5.47. The van der Waals surface area contributed by atoms with E-state index in [0.717, 1.165) is 47.4 Å². The van der Waals surface area contributed by atoms with Gasteiger partial charge in [-0.25, -0.2) is 4.98 Å². The summed E-state index contributed by atoms with van der Waals surface area (Å²) in [5.74, 6) is 0.943. The number of carbonyl (C=O) groups excluding carboxylic acids is 1. The van der Waals surface area contributed by atoms with Gasteiger partial charge in [-0.2, -0.15) is 0 Å². The molecule has 0 atom stereocenters. The summed E-state index contributed by atoms with van der Waals surface area (Å²) in [5.41, 5.74) is 16.7. The summed E-state index contributed by atoms with van der Waals surface area (Å²) < 4.78 is 2.24. The molecule has 5 rings (SSSR count). The minimum absolute atomic E-state index is 0.0628. The molecule has 0 aliphatic carbocycles. The van der Waals surface area contributed by atoms with Crippen molar-refractivity contribution in [2.45, 2.75) is 25.9 Å². The van der Waals surface area contributed by atoms with Crippen LogP contribution < -0.4 is 11.5 Å². The van der Waals surface area contributed by atoms with Crippen molar-refractivity contribution in [2.75, 3.05) is 13.1 Å². The van der Waals surface area contributed by atoms with E-state index < -0.39 is 0 Å². The number of hydrogen-bond acceptors (Lipinski definition) is 5. The number of amidine groups is 1. The quantitative estimate of drug-likeness (QED) is 0.144. The van der Waals surface area contributed by atoms with Gasteiger partial charge in [-0.05, 0) is 59.3 Å². The Balaban J connectivity index is 1.42. The second kappa shape index (κ2) is 12.5. The summed E-state index contributed by atoms with van der Waals surface area (Å²) in [6, 6.07) is 25.2. The van der Waals surface area contributed by atoms with Gasteiger partial charge in [-0.1, -0.05) is 54.1 Å². The summed E-state index contributed by atoms with van der Waals surface area (Å²) in [4.78, 5) is 21.6. The highest BCUT2D eigenvalue weighted by atomic mass is 35.5. The van der Waals surface area contributed by atoms with E-state index >= 15 is 0 Å². The Kier molecular flexibility index (Phi) is 8.60. The Bertz CT molecular complexity index is 1610. The number of amides is 1. The van der Waals surface area contributed by atoms with Crippen LogP contribution in [0.4, 0.5) is 0 Å². The molecule has 0 radical (unpaired) electrons. The van der Waals surface area contributed by atoms with Gasteiger partial charge in [0, 0.05) is 47.1 Å². The Morgan fingerprint density at radius 3 is 2.38 bits per heavy atom. The number of aryl methyl sites for hydroxylation is 2. The van der Waals surface area contributed by atoms with Gasteiger partial charge in [0.25, 0.3) is 5.91 Å². The van der Waals surface area contributed by atoms with Crippen LogP contribution in [0, 0.1) is 5.41 Å². The molecule has 0 aliphatic heterocycles. The Hall–Kier alpha value is -3.98. The average Bonchev–Trinajstić information content (AvgIpc) is 3.60. The zero-order valence-corrected chi connectivity index (χ0v) is 23.6. The maximum Gasteiger partial charge on any atom is 0.254 e. The highest BCUT2D eigenvalue weighted by Gasteiger charge is 2.19. The van der Waals surface area contributed by atoms with E-state index in [1.54, 1.807) is 16.2 Å². The third-order valence-electron chi connectivity index (χ3n) is 6.84. The van der Waals surface area contributed by atoms with Crippen LogP contribution >= 0.6 is 22.9 Å². The molecule has 2 aromatic heterocycles. The molecule has 7 nitrogen and oxygen atoms in total. The summed E-state index contributed by atoms with van der Waals surface area (Å²) in [6.07, 6.45) is 1.53. The number of rotatable bonds is 11. The van der Waals surface area contributed by atoms with Gasteiger partial charge in [0.15, 0.2) is 0 Å². The first kappa shape index (κ1) is 27.6. The number of nitrogen functional groups attached to an aromatic ring is 1. The van der Waals surface area contributed by atoms with Gasteiger partial charge < -0.3 is 20.9 Å². The number of nitrogens with zero attached hydrogens (tertiary/aromatic N) is 3. The average molecular weight is 571 g/mol. The molecule has 40 heavy (non-hydrogen) atoms. The van der Waals surface area contributed by atoms with E-state index in [1.807, 2.05) is 66.7 Å². The fourth-order valence-electron chi connectivity index (χ4n) is 4.75. The minimum Gasteiger partial charge on any atom is -0.384 e. The van der Waals surface area contributed by atoms with Crippen LogP contribution in [0.2, 0.25) is 5.02 Å². The fourth-order valence-corrected chi connectivity index (χ4v) is 5.57. The molecule has 5 N–H and O–H groups in total. The van der Waals surface area contributed by atoms with Crippen LogP contribution in [0.1, 0.15) is 37.7 Å². The van der Waals surface area contributed by atoms with Crippen molar-refractivity contribution in [3.63, 3.8) is 0 Å². The van der Waals surface area contributed by atoms with E-state index in [0.29, 0.717) is 35.8 Å². The smallest absolute Gasteiger partial charge is 0.254 e. The molecule has 0 unspecified atom stereocenters. The Morgan fingerprint density at radius 2 is 1.70 bits per heavy atom. The second-order valence-corrected chi connectivity index (χ2v) is 11.1. The minimum atomic E-state index is -0.0813. The number of thiophene rings is 1. The van der Waals surface area contributed by atoms with Crippen LogP contribution in [0.5, 0.6) is 0 Å². The highest BCUT2D eigenvalue weighted by molar-refractivity contribution is 7.09. The fraction of sp³-hybridized carbons (Fsp3) is 0.194. The molecule has 9 heteroatoms. The van der Waals surface area contributed by atoms with E-state index in [9.17, 15) is 4.79 Å². The third kappa shape index (κ3) is 6.42. The first-order chi connectivity index (χ1) is 19.4. The molecule has 5 aromatic rings. The van der Waals surface area contributed by atoms with E-state index in [1.165, 1.54) is 4.88 Å². The number of halogens is 1. The molecule has 0 fully saturated rings. The van der Waals surface area contributed by atoms with E-state index in [4.69, 9.17) is 33.5 Å². The lowest BCUT2D eigenvalue weighted by Gasteiger charge is -2.22.